The average Bonchev–Trinajstić information content (AvgIpc) is 2.18. The summed E-state index contributed by atoms with van der Waals surface area (Å²) in [5, 5.41) is 19.3. The first-order chi connectivity index (χ1) is 6.66. The minimum atomic E-state index is -0.485. The minimum Gasteiger partial charge on any atom is -0.396 e. The minimum absolute atomic E-state index is 0.00782. The monoisotopic (exact) mass is 196 g/mol. The van der Waals surface area contributed by atoms with Gasteiger partial charge in [-0.1, -0.05) is 18.2 Å². The summed E-state index contributed by atoms with van der Waals surface area (Å²) in [4.78, 5) is 10.2. The van der Waals surface area contributed by atoms with Crippen LogP contribution in [0.25, 0.3) is 0 Å². The molecule has 1 rings (SSSR count). The summed E-state index contributed by atoms with van der Waals surface area (Å²) in [7, 11) is 0. The Balaban J connectivity index is 3.00. The molecule has 0 radical (unpaired) electrons. The largest absolute Gasteiger partial charge is 0.396 e. The Morgan fingerprint density at radius 2 is 2.14 bits per heavy atom. The van der Waals surface area contributed by atoms with Crippen molar-refractivity contribution in [2.75, 3.05) is 6.61 Å². The van der Waals surface area contributed by atoms with Gasteiger partial charge in [-0.25, -0.2) is 0 Å². The molecule has 0 amide bonds. The van der Waals surface area contributed by atoms with Crippen LogP contribution in [-0.4, -0.2) is 16.6 Å². The molecule has 5 nitrogen and oxygen atoms in total. The highest BCUT2D eigenvalue weighted by Gasteiger charge is 2.17. The van der Waals surface area contributed by atoms with Crippen LogP contribution in [0.4, 0.5) is 5.69 Å². The van der Waals surface area contributed by atoms with Gasteiger partial charge in [-0.05, 0) is 6.42 Å². The molecule has 0 fully saturated rings. The van der Waals surface area contributed by atoms with E-state index in [1.54, 1.807) is 18.2 Å². The van der Waals surface area contributed by atoms with E-state index in [0.29, 0.717) is 12.0 Å². The Labute approximate surface area is 81.3 Å². The SMILES string of the molecule is N[C@@H](CCO)c1ccccc1[N+](=O)[O-]. The number of nitrogens with two attached hydrogens (primary N) is 1. The van der Waals surface area contributed by atoms with Crippen LogP contribution in [0, 0.1) is 10.1 Å². The van der Waals surface area contributed by atoms with Crippen molar-refractivity contribution in [3.05, 3.63) is 39.9 Å². The maximum absolute atomic E-state index is 10.6. The van der Waals surface area contributed by atoms with E-state index < -0.39 is 11.0 Å². The van der Waals surface area contributed by atoms with Gasteiger partial charge < -0.3 is 10.8 Å². The van der Waals surface area contributed by atoms with Crippen molar-refractivity contribution >= 4 is 5.69 Å². The molecule has 0 saturated carbocycles. The number of rotatable bonds is 4. The molecular weight excluding hydrogens is 184 g/mol. The molecule has 3 N–H and O–H groups in total. The molecule has 76 valence electrons. The van der Waals surface area contributed by atoms with E-state index in [2.05, 4.69) is 0 Å². The maximum Gasteiger partial charge on any atom is 0.274 e. The number of benzene rings is 1. The van der Waals surface area contributed by atoms with E-state index in [1.165, 1.54) is 6.07 Å². The van der Waals surface area contributed by atoms with Crippen LogP contribution in [-0.2, 0) is 0 Å². The average molecular weight is 196 g/mol. The van der Waals surface area contributed by atoms with Gasteiger partial charge in [0.05, 0.1) is 4.92 Å². The lowest BCUT2D eigenvalue weighted by molar-refractivity contribution is -0.385. The second-order valence-electron chi connectivity index (χ2n) is 2.93. The first-order valence-corrected chi connectivity index (χ1v) is 4.26. The quantitative estimate of drug-likeness (QED) is 0.554. The molecule has 0 aliphatic carbocycles. The Hall–Kier alpha value is -1.46. The second-order valence-corrected chi connectivity index (χ2v) is 2.93. The zero-order chi connectivity index (χ0) is 10.6. The van der Waals surface area contributed by atoms with Crippen molar-refractivity contribution in [1.82, 2.24) is 0 Å². The number of nitrogens with zero attached hydrogens (tertiary/aromatic N) is 1. The van der Waals surface area contributed by atoms with Crippen LogP contribution in [0.5, 0.6) is 0 Å². The summed E-state index contributed by atoms with van der Waals surface area (Å²) in [6.45, 7) is -0.0762. The standard InChI is InChI=1S/C9H12N2O3/c10-8(5-6-12)7-3-1-2-4-9(7)11(13)14/h1-4,8,12H,5-6,10H2/t8-/m0/s1. The van der Waals surface area contributed by atoms with Gasteiger partial charge >= 0.3 is 0 Å². The molecule has 0 bridgehead atoms. The molecule has 1 aromatic carbocycles. The fourth-order valence-corrected chi connectivity index (χ4v) is 1.26. The van der Waals surface area contributed by atoms with E-state index in [1.807, 2.05) is 0 Å². The molecule has 1 aromatic rings. The van der Waals surface area contributed by atoms with E-state index in [0.717, 1.165) is 0 Å². The van der Waals surface area contributed by atoms with Crippen molar-refractivity contribution in [2.24, 2.45) is 5.73 Å². The highest BCUT2D eigenvalue weighted by molar-refractivity contribution is 5.41. The molecule has 0 heterocycles. The molecule has 0 unspecified atom stereocenters. The third kappa shape index (κ3) is 2.27. The lowest BCUT2D eigenvalue weighted by Crippen LogP contribution is -2.13. The third-order valence-corrected chi connectivity index (χ3v) is 1.97. The number of aliphatic hydroxyl groups excluding tert-OH is 1. The Morgan fingerprint density at radius 1 is 1.50 bits per heavy atom. The highest BCUT2D eigenvalue weighted by atomic mass is 16.6. The molecule has 0 aliphatic heterocycles. The Morgan fingerprint density at radius 3 is 2.71 bits per heavy atom. The topological polar surface area (TPSA) is 89.4 Å². The summed E-state index contributed by atoms with van der Waals surface area (Å²) < 4.78 is 0. The smallest absolute Gasteiger partial charge is 0.274 e. The van der Waals surface area contributed by atoms with Gasteiger partial charge in [0.1, 0.15) is 0 Å². The van der Waals surface area contributed by atoms with E-state index in [9.17, 15) is 10.1 Å². The predicted molar refractivity (Wildman–Crippen MR) is 51.7 cm³/mol. The fraction of sp³-hybridized carbons (Fsp3) is 0.333. The third-order valence-electron chi connectivity index (χ3n) is 1.97. The summed E-state index contributed by atoms with van der Waals surface area (Å²) in [5.41, 5.74) is 6.15. The highest BCUT2D eigenvalue weighted by Crippen LogP contribution is 2.24. The van der Waals surface area contributed by atoms with Gasteiger partial charge in [0.25, 0.3) is 5.69 Å². The van der Waals surface area contributed by atoms with Crippen molar-refractivity contribution < 1.29 is 10.0 Å². The maximum atomic E-state index is 10.6. The van der Waals surface area contributed by atoms with Gasteiger partial charge in [-0.3, -0.25) is 10.1 Å². The van der Waals surface area contributed by atoms with Crippen molar-refractivity contribution in [1.29, 1.82) is 0 Å². The normalized spacial score (nSPS) is 12.4. The van der Waals surface area contributed by atoms with Crippen LogP contribution < -0.4 is 5.73 Å². The molecule has 0 aliphatic rings. The van der Waals surface area contributed by atoms with Crippen molar-refractivity contribution in [3.8, 4) is 0 Å². The zero-order valence-corrected chi connectivity index (χ0v) is 7.59. The second kappa shape index (κ2) is 4.69. The van der Waals surface area contributed by atoms with Crippen LogP contribution in [0.2, 0.25) is 0 Å². The number of aliphatic hydroxyl groups is 1. The van der Waals surface area contributed by atoms with E-state index >= 15 is 0 Å². The van der Waals surface area contributed by atoms with Crippen LogP contribution in [0.1, 0.15) is 18.0 Å². The number of nitro benzene ring substituents is 1. The number of para-hydroxylation sites is 1. The molecule has 14 heavy (non-hydrogen) atoms. The van der Waals surface area contributed by atoms with Gasteiger partial charge in [-0.2, -0.15) is 0 Å². The summed E-state index contributed by atoms with van der Waals surface area (Å²) >= 11 is 0. The van der Waals surface area contributed by atoms with Crippen molar-refractivity contribution in [3.63, 3.8) is 0 Å². The van der Waals surface area contributed by atoms with Gasteiger partial charge in [-0.15, -0.1) is 0 Å². The summed E-state index contributed by atoms with van der Waals surface area (Å²) in [6.07, 6.45) is 0.324. The first-order valence-electron chi connectivity index (χ1n) is 4.26. The lowest BCUT2D eigenvalue weighted by atomic mass is 10.0. The Kier molecular flexibility index (Phi) is 3.55. The van der Waals surface area contributed by atoms with Crippen LogP contribution in [0.15, 0.2) is 24.3 Å². The van der Waals surface area contributed by atoms with Gasteiger partial charge in [0.2, 0.25) is 0 Å². The van der Waals surface area contributed by atoms with E-state index in [-0.39, 0.29) is 12.3 Å². The molecule has 0 saturated heterocycles. The van der Waals surface area contributed by atoms with Gasteiger partial charge in [0, 0.05) is 24.3 Å². The first kappa shape index (κ1) is 10.6. The number of hydrogen-bond donors (Lipinski definition) is 2. The molecule has 5 heteroatoms. The van der Waals surface area contributed by atoms with Gasteiger partial charge in [0.15, 0.2) is 0 Å². The molecule has 0 spiro atoms. The fourth-order valence-electron chi connectivity index (χ4n) is 1.26. The molecule has 0 aromatic heterocycles. The summed E-state index contributed by atoms with van der Waals surface area (Å²) in [5.74, 6) is 0. The summed E-state index contributed by atoms with van der Waals surface area (Å²) in [6, 6.07) is 5.82. The molecular formula is C9H12N2O3. The number of hydrogen-bond acceptors (Lipinski definition) is 4. The van der Waals surface area contributed by atoms with Crippen molar-refractivity contribution in [2.45, 2.75) is 12.5 Å². The predicted octanol–water partition coefficient (Wildman–Crippen LogP) is 0.977. The molecule has 1 atom stereocenters. The lowest BCUT2D eigenvalue weighted by Gasteiger charge is -2.09. The number of nitro groups is 1. The van der Waals surface area contributed by atoms with E-state index in [4.69, 9.17) is 10.8 Å². The zero-order valence-electron chi connectivity index (χ0n) is 7.59. The van der Waals surface area contributed by atoms with Crippen LogP contribution >= 0.6 is 0 Å². The Bertz CT molecular complexity index is 328. The van der Waals surface area contributed by atoms with Crippen LogP contribution in [0.3, 0.4) is 0 Å².